The maximum atomic E-state index is 12.8. The van der Waals surface area contributed by atoms with Crippen LogP contribution in [0.1, 0.15) is 25.7 Å². The fourth-order valence-corrected chi connectivity index (χ4v) is 5.84. The van der Waals surface area contributed by atoms with E-state index >= 15 is 0 Å². The Labute approximate surface area is 185 Å². The Kier molecular flexibility index (Phi) is 8.61. The number of benzene rings is 1. The molecule has 1 fully saturated rings. The molecule has 2 rings (SSSR count). The van der Waals surface area contributed by atoms with Crippen molar-refractivity contribution in [3.63, 3.8) is 0 Å². The van der Waals surface area contributed by atoms with Crippen LogP contribution in [0.25, 0.3) is 0 Å². The molecule has 1 aliphatic heterocycles. The van der Waals surface area contributed by atoms with E-state index in [9.17, 15) is 28.8 Å². The van der Waals surface area contributed by atoms with Crippen LogP contribution in [0.2, 0.25) is 0 Å². The molecule has 0 aliphatic carbocycles. The Morgan fingerprint density at radius 1 is 1.22 bits per heavy atom. The highest BCUT2D eigenvalue weighted by atomic mass is 31.2. The normalized spacial score (nSPS) is 30.5. The summed E-state index contributed by atoms with van der Waals surface area (Å²) in [5.41, 5.74) is -0.138. The highest BCUT2D eigenvalue weighted by molar-refractivity contribution is 7.73. The van der Waals surface area contributed by atoms with Gasteiger partial charge in [0.05, 0.1) is 18.2 Å². The number of allylic oxidation sites excluding steroid dienone is 4. The van der Waals surface area contributed by atoms with E-state index in [4.69, 9.17) is 18.5 Å². The van der Waals surface area contributed by atoms with Gasteiger partial charge in [-0.3, -0.25) is 18.2 Å². The molecule has 1 aliphatic rings. The van der Waals surface area contributed by atoms with Gasteiger partial charge >= 0.3 is 21.3 Å². The lowest BCUT2D eigenvalue weighted by Crippen LogP contribution is -2.43. The molecular formula is C19H25NO10P2. The van der Waals surface area contributed by atoms with E-state index < -0.39 is 45.4 Å². The first-order valence-corrected chi connectivity index (χ1v) is 12.5. The van der Waals surface area contributed by atoms with Gasteiger partial charge in [0.25, 0.3) is 5.08 Å². The van der Waals surface area contributed by atoms with Crippen molar-refractivity contribution in [1.82, 2.24) is 5.32 Å². The average molecular weight is 489 g/mol. The largest absolute Gasteiger partial charge is 0.514 e. The third-order valence-electron chi connectivity index (χ3n) is 3.99. The average Bonchev–Trinajstić information content (AvgIpc) is 2.68. The van der Waals surface area contributed by atoms with Crippen LogP contribution in [-0.2, 0) is 22.9 Å². The fourth-order valence-electron chi connectivity index (χ4n) is 2.46. The fraction of sp³-hybridized carbons (Fsp3) is 0.316. The van der Waals surface area contributed by atoms with E-state index in [2.05, 4.69) is 11.9 Å². The number of hydrogen-bond donors (Lipinski definition) is 4. The Morgan fingerprint density at radius 2 is 1.84 bits per heavy atom. The zero-order valence-corrected chi connectivity index (χ0v) is 19.1. The highest BCUT2D eigenvalue weighted by Crippen LogP contribution is 2.78. The molecule has 0 aromatic heterocycles. The van der Waals surface area contributed by atoms with Gasteiger partial charge < -0.3 is 29.7 Å². The molecule has 1 saturated heterocycles. The second-order valence-electron chi connectivity index (χ2n) is 6.78. The molecule has 11 nitrogen and oxygen atoms in total. The molecule has 13 heteroatoms. The summed E-state index contributed by atoms with van der Waals surface area (Å²) in [6, 6.07) is 5.53. The molecule has 0 bridgehead atoms. The zero-order chi connectivity index (χ0) is 24.0. The van der Waals surface area contributed by atoms with Crippen LogP contribution in [-0.4, -0.2) is 38.8 Å². The van der Waals surface area contributed by atoms with Crippen LogP contribution >= 0.6 is 15.2 Å². The van der Waals surface area contributed by atoms with Gasteiger partial charge in [0.1, 0.15) is 5.75 Å². The number of carbonyl (C=O) groups excluding carboxylic acids is 1. The van der Waals surface area contributed by atoms with Gasteiger partial charge in [0.2, 0.25) is 6.29 Å². The number of carbonyl (C=O) groups is 1. The molecule has 0 saturated carbocycles. The molecule has 1 heterocycles. The number of rotatable bonds is 8. The Bertz CT molecular complexity index is 964. The number of ether oxygens (including phenoxy) is 2. The van der Waals surface area contributed by atoms with Crippen molar-refractivity contribution in [3.8, 4) is 5.75 Å². The van der Waals surface area contributed by atoms with Crippen LogP contribution < -0.4 is 10.1 Å². The van der Waals surface area contributed by atoms with Crippen LogP contribution in [0, 0.1) is 0 Å². The van der Waals surface area contributed by atoms with Crippen molar-refractivity contribution in [3.05, 3.63) is 66.9 Å². The van der Waals surface area contributed by atoms with E-state index in [1.54, 1.807) is 26.0 Å². The van der Waals surface area contributed by atoms with Gasteiger partial charge in [-0.05, 0) is 32.2 Å². The molecular weight excluding hydrogens is 464 g/mol. The van der Waals surface area contributed by atoms with Gasteiger partial charge in [-0.1, -0.05) is 43.0 Å². The van der Waals surface area contributed by atoms with Gasteiger partial charge in [-0.25, -0.2) is 4.79 Å². The van der Waals surface area contributed by atoms with Crippen molar-refractivity contribution >= 4 is 21.3 Å². The zero-order valence-electron chi connectivity index (χ0n) is 17.4. The number of aliphatic hydroxyl groups is 1. The summed E-state index contributed by atoms with van der Waals surface area (Å²) in [5.74, 6) is -0.191. The van der Waals surface area contributed by atoms with E-state index in [0.29, 0.717) is 0 Å². The topological polar surface area (TPSA) is 161 Å². The summed E-state index contributed by atoms with van der Waals surface area (Å²) in [6.07, 6.45) is 3.96. The third-order valence-corrected chi connectivity index (χ3v) is 8.59. The number of hydrogen-bond acceptors (Lipinski definition) is 9. The summed E-state index contributed by atoms with van der Waals surface area (Å²) < 4.78 is 45.5. The smallest absolute Gasteiger partial charge is 0.431 e. The van der Waals surface area contributed by atoms with E-state index in [1.807, 2.05) is 0 Å². The summed E-state index contributed by atoms with van der Waals surface area (Å²) in [4.78, 5) is 32.5. The summed E-state index contributed by atoms with van der Waals surface area (Å²) >= 11 is 0. The van der Waals surface area contributed by atoms with Gasteiger partial charge in [-0.15, -0.1) is 0 Å². The third kappa shape index (κ3) is 5.96. The SMILES string of the molecule is C=C/C=C\C=C/NCC1(O)P(=O)(O)OC(c2ccccc2OC(=O)OC(C)C)OP1(=O)O. The number of nitrogens with one attached hydrogen (secondary N) is 1. The summed E-state index contributed by atoms with van der Waals surface area (Å²) in [5, 5.41) is 9.89. The van der Waals surface area contributed by atoms with Crippen molar-refractivity contribution in [1.29, 1.82) is 0 Å². The lowest BCUT2D eigenvalue weighted by Gasteiger charge is -2.41. The maximum Gasteiger partial charge on any atom is 0.514 e. The number of para-hydroxylation sites is 1. The molecule has 0 spiro atoms. The molecule has 2 atom stereocenters. The van der Waals surface area contributed by atoms with Gasteiger partial charge in [0.15, 0.2) is 0 Å². The second-order valence-corrected chi connectivity index (χ2v) is 11.1. The maximum absolute atomic E-state index is 12.8. The minimum Gasteiger partial charge on any atom is -0.431 e. The first-order chi connectivity index (χ1) is 14.9. The molecule has 32 heavy (non-hydrogen) atoms. The molecule has 4 N–H and O–H groups in total. The van der Waals surface area contributed by atoms with Crippen LogP contribution in [0.3, 0.4) is 0 Å². The Balaban J connectivity index is 2.27. The predicted octanol–water partition coefficient (Wildman–Crippen LogP) is 3.52. The Hall–Kier alpha value is -2.23. The lowest BCUT2D eigenvalue weighted by atomic mass is 10.2. The summed E-state index contributed by atoms with van der Waals surface area (Å²) in [6.45, 7) is 5.85. The van der Waals surface area contributed by atoms with Gasteiger partial charge in [0, 0.05) is 0 Å². The monoisotopic (exact) mass is 489 g/mol. The summed E-state index contributed by atoms with van der Waals surface area (Å²) in [7, 11) is -10.3. The Morgan fingerprint density at radius 3 is 2.44 bits per heavy atom. The molecule has 2 unspecified atom stereocenters. The van der Waals surface area contributed by atoms with Gasteiger partial charge in [-0.2, -0.15) is 0 Å². The molecule has 0 radical (unpaired) electrons. The van der Waals surface area contributed by atoms with Crippen LogP contribution in [0.5, 0.6) is 5.75 Å². The molecule has 0 amide bonds. The lowest BCUT2D eigenvalue weighted by molar-refractivity contribution is -0.0581. The standard InChI is InChI=1S/C19H25NO10P2/c1-4-5-6-9-12-20-13-19(22)31(23,24)29-17(30-32(19,25)26)15-10-7-8-11-16(15)28-18(21)27-14(2)3/h4-12,14,17,20,22H,1,13H2,2-3H3,(H,23,24)(H,25,26)/b6-5-,12-9-. The van der Waals surface area contributed by atoms with Crippen molar-refractivity contribution in [2.24, 2.45) is 0 Å². The minimum absolute atomic E-state index is 0.138. The first-order valence-electron chi connectivity index (χ1n) is 9.33. The predicted molar refractivity (Wildman–Crippen MR) is 115 cm³/mol. The minimum atomic E-state index is -5.17. The first kappa shape index (κ1) is 26.0. The molecule has 1 aromatic carbocycles. The van der Waals surface area contributed by atoms with E-state index in [0.717, 1.165) is 0 Å². The van der Waals surface area contributed by atoms with E-state index in [1.165, 1.54) is 42.6 Å². The quantitative estimate of drug-likeness (QED) is 0.183. The highest BCUT2D eigenvalue weighted by Gasteiger charge is 2.67. The van der Waals surface area contributed by atoms with Crippen molar-refractivity contribution in [2.45, 2.75) is 31.3 Å². The second kappa shape index (κ2) is 10.6. The van der Waals surface area contributed by atoms with Crippen molar-refractivity contribution in [2.75, 3.05) is 6.54 Å². The molecule has 1 aromatic rings. The van der Waals surface area contributed by atoms with Crippen LogP contribution in [0.15, 0.2) is 61.3 Å². The molecule has 176 valence electrons. The van der Waals surface area contributed by atoms with E-state index in [-0.39, 0.29) is 11.3 Å². The van der Waals surface area contributed by atoms with Crippen molar-refractivity contribution < 1.29 is 47.3 Å². The van der Waals surface area contributed by atoms with Crippen LogP contribution in [0.4, 0.5) is 4.79 Å².